The minimum Gasteiger partial charge on any atom is -0.313 e. The van der Waals surface area contributed by atoms with Gasteiger partial charge in [0.05, 0.1) is 0 Å². The Morgan fingerprint density at radius 1 is 1.35 bits per heavy atom. The summed E-state index contributed by atoms with van der Waals surface area (Å²) in [5.41, 5.74) is 1.92. The third kappa shape index (κ3) is 4.12. The summed E-state index contributed by atoms with van der Waals surface area (Å²) in [6, 6.07) is 5.74. The molecule has 0 aliphatic carbocycles. The van der Waals surface area contributed by atoms with Crippen molar-refractivity contribution >= 4 is 0 Å². The molecule has 2 unspecified atom stereocenters. The molecule has 0 aliphatic heterocycles. The second-order valence-electron chi connectivity index (χ2n) is 4.98. The highest BCUT2D eigenvalue weighted by molar-refractivity contribution is 5.26. The molecule has 17 heavy (non-hydrogen) atoms. The number of aryl methyl sites for hydroxylation is 1. The molecule has 1 aromatic carbocycles. The van der Waals surface area contributed by atoms with Crippen LogP contribution < -0.4 is 5.32 Å². The zero-order valence-corrected chi connectivity index (χ0v) is 11.4. The third-order valence-corrected chi connectivity index (χ3v) is 3.35. The van der Waals surface area contributed by atoms with Gasteiger partial charge in [0, 0.05) is 6.04 Å². The lowest BCUT2D eigenvalue weighted by Crippen LogP contribution is -2.19. The van der Waals surface area contributed by atoms with E-state index in [9.17, 15) is 4.39 Å². The van der Waals surface area contributed by atoms with Gasteiger partial charge in [0.1, 0.15) is 5.82 Å². The molecule has 1 N–H and O–H groups in total. The molecule has 0 aromatic heterocycles. The molecule has 2 heteroatoms. The van der Waals surface area contributed by atoms with Gasteiger partial charge >= 0.3 is 0 Å². The molecule has 0 saturated carbocycles. The lowest BCUT2D eigenvalue weighted by Gasteiger charge is -2.21. The van der Waals surface area contributed by atoms with Gasteiger partial charge in [-0.25, -0.2) is 4.39 Å². The maximum atomic E-state index is 13.2. The number of halogens is 1. The van der Waals surface area contributed by atoms with Gasteiger partial charge in [-0.3, -0.25) is 0 Å². The van der Waals surface area contributed by atoms with E-state index in [-0.39, 0.29) is 5.82 Å². The Kier molecular flexibility index (Phi) is 5.63. The quantitative estimate of drug-likeness (QED) is 0.781. The molecule has 0 radical (unpaired) electrons. The number of rotatable bonds is 6. The largest absolute Gasteiger partial charge is 0.313 e. The molecule has 0 fully saturated rings. The topological polar surface area (TPSA) is 12.0 Å². The zero-order chi connectivity index (χ0) is 12.8. The Hall–Kier alpha value is -0.890. The Labute approximate surface area is 104 Å². The van der Waals surface area contributed by atoms with Crippen LogP contribution in [0.4, 0.5) is 4.39 Å². The molecule has 0 spiro atoms. The fourth-order valence-corrected chi connectivity index (χ4v) is 2.32. The van der Waals surface area contributed by atoms with E-state index >= 15 is 0 Å². The molecule has 0 bridgehead atoms. The third-order valence-electron chi connectivity index (χ3n) is 3.35. The van der Waals surface area contributed by atoms with Gasteiger partial charge in [0.15, 0.2) is 0 Å². The summed E-state index contributed by atoms with van der Waals surface area (Å²) in [6.07, 6.45) is 3.58. The van der Waals surface area contributed by atoms with Crippen LogP contribution in [0, 0.1) is 18.7 Å². The van der Waals surface area contributed by atoms with E-state index in [1.165, 1.54) is 18.4 Å². The van der Waals surface area contributed by atoms with Gasteiger partial charge in [-0.1, -0.05) is 38.8 Å². The van der Waals surface area contributed by atoms with E-state index in [1.807, 2.05) is 26.1 Å². The second-order valence-corrected chi connectivity index (χ2v) is 4.98. The van der Waals surface area contributed by atoms with Gasteiger partial charge in [0.25, 0.3) is 0 Å². The van der Waals surface area contributed by atoms with Crippen LogP contribution in [-0.4, -0.2) is 7.05 Å². The minimum atomic E-state index is -0.120. The molecule has 0 saturated heterocycles. The van der Waals surface area contributed by atoms with Crippen molar-refractivity contribution in [3.63, 3.8) is 0 Å². The first-order valence-corrected chi connectivity index (χ1v) is 6.51. The van der Waals surface area contributed by atoms with Crippen LogP contribution in [0.25, 0.3) is 0 Å². The fourth-order valence-electron chi connectivity index (χ4n) is 2.32. The summed E-state index contributed by atoms with van der Waals surface area (Å²) in [4.78, 5) is 0. The maximum absolute atomic E-state index is 13.2. The molecule has 2 atom stereocenters. The first kappa shape index (κ1) is 14.2. The molecule has 0 amide bonds. The molecule has 0 heterocycles. The van der Waals surface area contributed by atoms with Crippen molar-refractivity contribution in [2.75, 3.05) is 7.05 Å². The fraction of sp³-hybridized carbons (Fsp3) is 0.600. The highest BCUT2D eigenvalue weighted by atomic mass is 19.1. The minimum absolute atomic E-state index is 0.120. The van der Waals surface area contributed by atoms with Crippen LogP contribution in [0.3, 0.4) is 0 Å². The van der Waals surface area contributed by atoms with E-state index in [0.717, 1.165) is 12.0 Å². The van der Waals surface area contributed by atoms with Crippen molar-refractivity contribution < 1.29 is 4.39 Å². The molecule has 1 nitrogen and oxygen atoms in total. The van der Waals surface area contributed by atoms with Crippen LogP contribution in [0.1, 0.15) is 50.3 Å². The highest BCUT2D eigenvalue weighted by Gasteiger charge is 2.14. The Balaban J connectivity index is 2.75. The van der Waals surface area contributed by atoms with Crippen molar-refractivity contribution in [3.05, 3.63) is 35.1 Å². The number of nitrogens with one attached hydrogen (secondary N) is 1. The van der Waals surface area contributed by atoms with Crippen molar-refractivity contribution in [2.24, 2.45) is 5.92 Å². The van der Waals surface area contributed by atoms with E-state index in [4.69, 9.17) is 0 Å². The molecular formula is C15H24FN. The standard InChI is InChI=1S/C15H24FN/c1-5-6-11(2)9-15(17-4)13-7-8-14(16)12(3)10-13/h7-8,10-11,15,17H,5-6,9H2,1-4H3. The SMILES string of the molecule is CCCC(C)CC(NC)c1ccc(F)c(C)c1. The molecular weight excluding hydrogens is 213 g/mol. The van der Waals surface area contributed by atoms with E-state index in [2.05, 4.69) is 19.2 Å². The molecule has 1 rings (SSSR count). The van der Waals surface area contributed by atoms with Crippen LogP contribution >= 0.6 is 0 Å². The van der Waals surface area contributed by atoms with Crippen molar-refractivity contribution in [3.8, 4) is 0 Å². The monoisotopic (exact) mass is 237 g/mol. The van der Waals surface area contributed by atoms with Gasteiger partial charge < -0.3 is 5.32 Å². The summed E-state index contributed by atoms with van der Waals surface area (Å²) < 4.78 is 13.2. The summed E-state index contributed by atoms with van der Waals surface area (Å²) in [7, 11) is 1.97. The maximum Gasteiger partial charge on any atom is 0.126 e. The van der Waals surface area contributed by atoms with Crippen LogP contribution in [0.15, 0.2) is 18.2 Å². The number of hydrogen-bond acceptors (Lipinski definition) is 1. The van der Waals surface area contributed by atoms with Gasteiger partial charge in [-0.15, -0.1) is 0 Å². The summed E-state index contributed by atoms with van der Waals surface area (Å²) >= 11 is 0. The molecule has 0 aliphatic rings. The Morgan fingerprint density at radius 2 is 2.06 bits per heavy atom. The Bertz CT molecular complexity index is 349. The number of hydrogen-bond donors (Lipinski definition) is 1. The van der Waals surface area contributed by atoms with Gasteiger partial charge in [-0.05, 0) is 43.5 Å². The first-order chi connectivity index (χ1) is 8.08. The highest BCUT2D eigenvalue weighted by Crippen LogP contribution is 2.24. The number of benzene rings is 1. The predicted octanol–water partition coefficient (Wildman–Crippen LogP) is 4.22. The van der Waals surface area contributed by atoms with E-state index < -0.39 is 0 Å². The Morgan fingerprint density at radius 3 is 2.59 bits per heavy atom. The van der Waals surface area contributed by atoms with Crippen molar-refractivity contribution in [2.45, 2.75) is 46.1 Å². The van der Waals surface area contributed by atoms with E-state index in [1.54, 1.807) is 6.07 Å². The van der Waals surface area contributed by atoms with Crippen LogP contribution in [0.5, 0.6) is 0 Å². The predicted molar refractivity (Wildman–Crippen MR) is 71.6 cm³/mol. The second kappa shape index (κ2) is 6.75. The average molecular weight is 237 g/mol. The smallest absolute Gasteiger partial charge is 0.126 e. The van der Waals surface area contributed by atoms with Crippen molar-refractivity contribution in [1.29, 1.82) is 0 Å². The van der Waals surface area contributed by atoms with Crippen LogP contribution in [-0.2, 0) is 0 Å². The van der Waals surface area contributed by atoms with E-state index in [0.29, 0.717) is 12.0 Å². The zero-order valence-electron chi connectivity index (χ0n) is 11.4. The van der Waals surface area contributed by atoms with Crippen LogP contribution in [0.2, 0.25) is 0 Å². The normalized spacial score (nSPS) is 14.6. The summed E-state index contributed by atoms with van der Waals surface area (Å²) in [5, 5.41) is 3.33. The summed E-state index contributed by atoms with van der Waals surface area (Å²) in [6.45, 7) is 6.32. The summed E-state index contributed by atoms with van der Waals surface area (Å²) in [5.74, 6) is 0.577. The van der Waals surface area contributed by atoms with Gasteiger partial charge in [-0.2, -0.15) is 0 Å². The van der Waals surface area contributed by atoms with Gasteiger partial charge in [0.2, 0.25) is 0 Å². The molecule has 96 valence electrons. The first-order valence-electron chi connectivity index (χ1n) is 6.51. The average Bonchev–Trinajstić information content (AvgIpc) is 2.30. The lowest BCUT2D eigenvalue weighted by atomic mass is 9.92. The molecule has 1 aromatic rings. The lowest BCUT2D eigenvalue weighted by molar-refractivity contribution is 0.406. The van der Waals surface area contributed by atoms with Crippen molar-refractivity contribution in [1.82, 2.24) is 5.32 Å².